The molecule has 172 valence electrons. The summed E-state index contributed by atoms with van der Waals surface area (Å²) in [6, 6.07) is 6.53. The van der Waals surface area contributed by atoms with Gasteiger partial charge in [0.05, 0.1) is 19.8 Å². The third-order valence-corrected chi connectivity index (χ3v) is 13.8. The van der Waals surface area contributed by atoms with Crippen molar-refractivity contribution in [2.24, 2.45) is 17.3 Å². The second-order valence-corrected chi connectivity index (χ2v) is 16.4. The Morgan fingerprint density at radius 2 is 1.90 bits per heavy atom. The van der Waals surface area contributed by atoms with Crippen LogP contribution >= 0.6 is 0 Å². The van der Waals surface area contributed by atoms with E-state index in [-0.39, 0.29) is 17.1 Å². The Morgan fingerprint density at radius 1 is 1.16 bits per heavy atom. The van der Waals surface area contributed by atoms with Crippen LogP contribution in [0.3, 0.4) is 0 Å². The van der Waals surface area contributed by atoms with E-state index in [2.05, 4.69) is 59.0 Å². The molecule has 31 heavy (non-hydrogen) atoms. The topological polar surface area (TPSA) is 38.7 Å². The molecule has 1 saturated carbocycles. The minimum absolute atomic E-state index is 0.165. The summed E-state index contributed by atoms with van der Waals surface area (Å²) in [6.07, 6.45) is 7.15. The molecule has 1 fully saturated rings. The highest BCUT2D eigenvalue weighted by Gasteiger charge is 2.57. The van der Waals surface area contributed by atoms with Crippen LogP contribution in [0.1, 0.15) is 70.9 Å². The zero-order valence-corrected chi connectivity index (χ0v) is 21.7. The molecular weight excluding hydrogens is 400 g/mol. The summed E-state index contributed by atoms with van der Waals surface area (Å²) < 4.78 is 12.6. The molecule has 0 bridgehead atoms. The molecule has 3 aliphatic carbocycles. The number of aliphatic hydroxyl groups is 1. The van der Waals surface area contributed by atoms with E-state index >= 15 is 0 Å². The average Bonchev–Trinajstić information content (AvgIpc) is 3.09. The Morgan fingerprint density at radius 3 is 2.52 bits per heavy atom. The van der Waals surface area contributed by atoms with Gasteiger partial charge in [-0.2, -0.15) is 0 Å². The number of rotatable bonds is 5. The predicted octanol–water partition coefficient (Wildman–Crippen LogP) is 6.60. The SMILES string of the molecule is CC[C@]12CC(CO)=C3c4ccc(OC)cc4CC[C@H]3[C@@H]1CC[C@@H]2O[Si](C)(C)C(C)(C)C. The van der Waals surface area contributed by atoms with Gasteiger partial charge < -0.3 is 14.3 Å². The molecule has 0 aliphatic heterocycles. The molecule has 4 heteroatoms. The second-order valence-electron chi connectivity index (χ2n) is 11.7. The standard InChI is InChI=1S/C27H42O3Si/c1-8-27-16-19(17-28)25-21-12-10-20(29-5)15-18(21)9-11-22(25)23(27)13-14-24(27)30-31(6,7)26(2,3)4/h10,12,15,22-24,28H,8-9,11,13-14,16-17H2,1-7H3/t22-,23-,24-,27-/m0/s1. The van der Waals surface area contributed by atoms with Gasteiger partial charge in [-0.3, -0.25) is 0 Å². The van der Waals surface area contributed by atoms with E-state index in [0.29, 0.717) is 17.9 Å². The molecule has 0 saturated heterocycles. The number of fused-ring (bicyclic) bond motifs is 5. The maximum absolute atomic E-state index is 10.5. The fourth-order valence-corrected chi connectivity index (χ4v) is 8.04. The molecule has 3 nitrogen and oxygen atoms in total. The van der Waals surface area contributed by atoms with Gasteiger partial charge in [-0.25, -0.2) is 0 Å². The number of benzene rings is 1. The van der Waals surface area contributed by atoms with Crippen LogP contribution in [0.2, 0.25) is 18.1 Å². The van der Waals surface area contributed by atoms with E-state index in [1.54, 1.807) is 7.11 Å². The van der Waals surface area contributed by atoms with Gasteiger partial charge in [0.1, 0.15) is 5.75 Å². The minimum atomic E-state index is -1.85. The highest BCUT2D eigenvalue weighted by atomic mass is 28.4. The lowest BCUT2D eigenvalue weighted by atomic mass is 9.56. The van der Waals surface area contributed by atoms with Crippen LogP contribution < -0.4 is 4.74 Å². The monoisotopic (exact) mass is 442 g/mol. The number of ether oxygens (including phenoxy) is 1. The Kier molecular flexibility index (Phi) is 5.98. The first-order chi connectivity index (χ1) is 14.6. The second kappa shape index (κ2) is 8.04. The predicted molar refractivity (Wildman–Crippen MR) is 131 cm³/mol. The molecular formula is C27H42O3Si. The van der Waals surface area contributed by atoms with Crippen molar-refractivity contribution < 1.29 is 14.3 Å². The first kappa shape index (κ1) is 23.1. The van der Waals surface area contributed by atoms with Crippen LogP contribution in [0.4, 0.5) is 0 Å². The van der Waals surface area contributed by atoms with Crippen LogP contribution in [0.25, 0.3) is 5.57 Å². The van der Waals surface area contributed by atoms with Gasteiger partial charge in [-0.1, -0.05) is 33.8 Å². The Labute approximate surface area is 190 Å². The third kappa shape index (κ3) is 3.63. The minimum Gasteiger partial charge on any atom is -0.497 e. The van der Waals surface area contributed by atoms with Gasteiger partial charge in [0.2, 0.25) is 0 Å². The molecule has 1 aromatic rings. The maximum atomic E-state index is 10.5. The molecule has 0 unspecified atom stereocenters. The van der Waals surface area contributed by atoms with Crippen molar-refractivity contribution in [2.45, 2.75) is 90.5 Å². The van der Waals surface area contributed by atoms with Crippen LogP contribution in [-0.2, 0) is 10.8 Å². The summed E-state index contributed by atoms with van der Waals surface area (Å²) in [4.78, 5) is 0. The molecule has 1 N–H and O–H groups in total. The quantitative estimate of drug-likeness (QED) is 0.522. The van der Waals surface area contributed by atoms with Crippen LogP contribution in [-0.4, -0.2) is 33.2 Å². The lowest BCUT2D eigenvalue weighted by Crippen LogP contribution is -2.51. The first-order valence-corrected chi connectivity index (χ1v) is 15.2. The molecule has 3 aliphatic rings. The van der Waals surface area contributed by atoms with Gasteiger partial charge >= 0.3 is 0 Å². The van der Waals surface area contributed by atoms with E-state index in [0.717, 1.165) is 25.0 Å². The molecule has 4 atom stereocenters. The summed E-state index contributed by atoms with van der Waals surface area (Å²) in [5, 5.41) is 10.7. The largest absolute Gasteiger partial charge is 0.497 e. The van der Waals surface area contributed by atoms with Gasteiger partial charge in [0.15, 0.2) is 8.32 Å². The normalized spacial score (nSPS) is 30.6. The number of methoxy groups -OCH3 is 1. The van der Waals surface area contributed by atoms with Gasteiger partial charge in [-0.15, -0.1) is 0 Å². The van der Waals surface area contributed by atoms with Crippen molar-refractivity contribution in [3.63, 3.8) is 0 Å². The Hall–Kier alpha value is -1.10. The Balaban J connectivity index is 1.75. The van der Waals surface area contributed by atoms with Crippen molar-refractivity contribution >= 4 is 13.9 Å². The fraction of sp³-hybridized carbons (Fsp3) is 0.704. The van der Waals surface area contributed by atoms with E-state index in [1.165, 1.54) is 41.5 Å². The van der Waals surface area contributed by atoms with E-state index < -0.39 is 8.32 Å². The highest BCUT2D eigenvalue weighted by molar-refractivity contribution is 6.74. The molecule has 4 rings (SSSR count). The van der Waals surface area contributed by atoms with E-state index in [1.807, 2.05) is 0 Å². The lowest BCUT2D eigenvalue weighted by Gasteiger charge is -2.52. The van der Waals surface area contributed by atoms with Crippen molar-refractivity contribution in [1.82, 2.24) is 0 Å². The fourth-order valence-electron chi connectivity index (χ4n) is 6.63. The number of aryl methyl sites for hydroxylation is 1. The van der Waals surface area contributed by atoms with Gasteiger partial charge in [0, 0.05) is 5.41 Å². The zero-order valence-electron chi connectivity index (χ0n) is 20.7. The summed E-state index contributed by atoms with van der Waals surface area (Å²) in [7, 11) is -0.107. The number of aliphatic hydroxyl groups excluding tert-OH is 1. The van der Waals surface area contributed by atoms with E-state index in [9.17, 15) is 5.11 Å². The molecule has 0 amide bonds. The summed E-state index contributed by atoms with van der Waals surface area (Å²) >= 11 is 0. The van der Waals surface area contributed by atoms with Crippen LogP contribution in [0.5, 0.6) is 5.75 Å². The molecule has 0 aromatic heterocycles. The van der Waals surface area contributed by atoms with Crippen molar-refractivity contribution in [3.8, 4) is 5.75 Å². The molecule has 0 radical (unpaired) electrons. The van der Waals surface area contributed by atoms with Crippen LogP contribution in [0, 0.1) is 17.3 Å². The number of hydrogen-bond acceptors (Lipinski definition) is 3. The van der Waals surface area contributed by atoms with E-state index in [4.69, 9.17) is 9.16 Å². The molecule has 0 spiro atoms. The van der Waals surface area contributed by atoms with Crippen molar-refractivity contribution in [1.29, 1.82) is 0 Å². The van der Waals surface area contributed by atoms with Gasteiger partial charge in [-0.05, 0) is 103 Å². The highest BCUT2D eigenvalue weighted by Crippen LogP contribution is 2.63. The molecule has 0 heterocycles. The average molecular weight is 443 g/mol. The first-order valence-electron chi connectivity index (χ1n) is 12.3. The lowest BCUT2D eigenvalue weighted by molar-refractivity contribution is 0.00903. The zero-order chi connectivity index (χ0) is 22.6. The summed E-state index contributed by atoms with van der Waals surface area (Å²) in [6.45, 7) is 14.3. The molecule has 1 aromatic carbocycles. The van der Waals surface area contributed by atoms with Crippen LogP contribution in [0.15, 0.2) is 23.8 Å². The number of hydrogen-bond donors (Lipinski definition) is 1. The Bertz CT molecular complexity index is 866. The van der Waals surface area contributed by atoms with Crippen molar-refractivity contribution in [3.05, 3.63) is 34.9 Å². The smallest absolute Gasteiger partial charge is 0.192 e. The summed E-state index contributed by atoms with van der Waals surface area (Å²) in [5.74, 6) is 2.14. The van der Waals surface area contributed by atoms with Crippen molar-refractivity contribution in [2.75, 3.05) is 13.7 Å². The summed E-state index contributed by atoms with van der Waals surface area (Å²) in [5.41, 5.74) is 5.63. The third-order valence-electron chi connectivity index (χ3n) is 9.32. The number of allylic oxidation sites excluding steroid dienone is 1. The van der Waals surface area contributed by atoms with Gasteiger partial charge in [0.25, 0.3) is 0 Å². The maximum Gasteiger partial charge on any atom is 0.192 e.